The second-order valence-corrected chi connectivity index (χ2v) is 4.71. The number of hydrogen-bond acceptors (Lipinski definition) is 5. The van der Waals surface area contributed by atoms with Crippen molar-refractivity contribution in [1.82, 2.24) is 0 Å². The van der Waals surface area contributed by atoms with Crippen molar-refractivity contribution in [3.63, 3.8) is 0 Å². The van der Waals surface area contributed by atoms with Crippen LogP contribution in [0.15, 0.2) is 30.3 Å². The highest BCUT2D eigenvalue weighted by Crippen LogP contribution is 2.37. The number of esters is 2. The minimum Gasteiger partial charge on any atom is -0.464 e. The number of hydrogen-bond donors (Lipinski definition) is 0. The Bertz CT molecular complexity index is 412. The fraction of sp³-hybridized carbons (Fsp3) is 0.429. The van der Waals surface area contributed by atoms with Gasteiger partial charge in [0.1, 0.15) is 0 Å². The van der Waals surface area contributed by atoms with Gasteiger partial charge in [0.05, 0.1) is 13.2 Å². The van der Waals surface area contributed by atoms with Crippen molar-refractivity contribution in [1.29, 1.82) is 0 Å². The molecule has 0 N–H and O–H groups in total. The Balaban J connectivity index is 3.29. The largest absolute Gasteiger partial charge is 0.464 e. The number of rotatable bonds is 6. The van der Waals surface area contributed by atoms with Crippen LogP contribution in [0, 0.1) is 0 Å². The summed E-state index contributed by atoms with van der Waals surface area (Å²) in [6.07, 6.45) is 1.70. The van der Waals surface area contributed by atoms with Crippen LogP contribution in [0.5, 0.6) is 0 Å². The zero-order chi connectivity index (χ0) is 14.3. The second kappa shape index (κ2) is 7.19. The van der Waals surface area contributed by atoms with E-state index in [1.54, 1.807) is 44.4 Å². The van der Waals surface area contributed by atoms with Gasteiger partial charge in [0.2, 0.25) is 4.75 Å². The molecule has 0 saturated carbocycles. The molecule has 0 aliphatic heterocycles. The highest BCUT2D eigenvalue weighted by molar-refractivity contribution is 8.01. The van der Waals surface area contributed by atoms with Crippen LogP contribution in [0.25, 0.3) is 0 Å². The van der Waals surface area contributed by atoms with Gasteiger partial charge in [0.25, 0.3) is 0 Å². The summed E-state index contributed by atoms with van der Waals surface area (Å²) in [6.45, 7) is 3.85. The molecule has 1 rings (SSSR count). The van der Waals surface area contributed by atoms with Crippen molar-refractivity contribution in [2.24, 2.45) is 0 Å². The molecule has 104 valence electrons. The lowest BCUT2D eigenvalue weighted by Gasteiger charge is -2.27. The third-order valence-corrected chi connectivity index (χ3v) is 3.79. The third-order valence-electron chi connectivity index (χ3n) is 2.61. The van der Waals surface area contributed by atoms with E-state index in [0.29, 0.717) is 5.56 Å². The quantitative estimate of drug-likeness (QED) is 0.592. The van der Waals surface area contributed by atoms with E-state index in [-0.39, 0.29) is 13.2 Å². The maximum absolute atomic E-state index is 12.3. The monoisotopic (exact) mass is 282 g/mol. The first-order valence-electron chi connectivity index (χ1n) is 6.08. The van der Waals surface area contributed by atoms with Gasteiger partial charge in [-0.2, -0.15) is 0 Å². The fourth-order valence-electron chi connectivity index (χ4n) is 1.74. The van der Waals surface area contributed by atoms with Crippen LogP contribution in [0.1, 0.15) is 19.4 Å². The predicted molar refractivity (Wildman–Crippen MR) is 74.9 cm³/mol. The van der Waals surface area contributed by atoms with Gasteiger partial charge >= 0.3 is 11.9 Å². The lowest BCUT2D eigenvalue weighted by molar-refractivity contribution is -0.159. The summed E-state index contributed by atoms with van der Waals surface area (Å²) in [7, 11) is 0. The highest BCUT2D eigenvalue weighted by atomic mass is 32.2. The first-order chi connectivity index (χ1) is 9.13. The molecule has 0 aliphatic carbocycles. The van der Waals surface area contributed by atoms with Gasteiger partial charge in [0.15, 0.2) is 0 Å². The van der Waals surface area contributed by atoms with Gasteiger partial charge in [0, 0.05) is 0 Å². The Labute approximate surface area is 117 Å². The second-order valence-electron chi connectivity index (χ2n) is 3.69. The lowest BCUT2D eigenvalue weighted by atomic mass is 9.98. The molecule has 0 saturated heterocycles. The van der Waals surface area contributed by atoms with Crippen LogP contribution in [0.2, 0.25) is 0 Å². The van der Waals surface area contributed by atoms with Gasteiger partial charge in [-0.25, -0.2) is 9.59 Å². The highest BCUT2D eigenvalue weighted by Gasteiger charge is 2.50. The number of ether oxygens (including phenoxy) is 2. The normalized spacial score (nSPS) is 10.9. The SMILES string of the molecule is CCOC(=O)C(SC)(C(=O)OCC)c1ccccc1. The molecular weight excluding hydrogens is 264 g/mol. The Kier molecular flexibility index (Phi) is 5.89. The molecule has 0 bridgehead atoms. The van der Waals surface area contributed by atoms with E-state index in [9.17, 15) is 9.59 Å². The van der Waals surface area contributed by atoms with Gasteiger partial charge in [-0.3, -0.25) is 0 Å². The third kappa shape index (κ3) is 3.10. The fourth-order valence-corrected chi connectivity index (χ4v) is 2.56. The van der Waals surface area contributed by atoms with Crippen LogP contribution in [-0.2, 0) is 23.8 Å². The summed E-state index contributed by atoms with van der Waals surface area (Å²) in [5.74, 6) is -1.18. The van der Waals surface area contributed by atoms with Crippen molar-refractivity contribution in [3.05, 3.63) is 35.9 Å². The predicted octanol–water partition coefficient (Wildman–Crippen LogP) is 2.37. The van der Waals surface area contributed by atoms with Crippen LogP contribution in [0.4, 0.5) is 0 Å². The summed E-state index contributed by atoms with van der Waals surface area (Å²) in [6, 6.07) is 8.83. The van der Waals surface area contributed by atoms with Crippen molar-refractivity contribution >= 4 is 23.7 Å². The van der Waals surface area contributed by atoms with E-state index in [2.05, 4.69) is 0 Å². The average Bonchev–Trinajstić information content (AvgIpc) is 2.42. The molecule has 19 heavy (non-hydrogen) atoms. The molecule has 0 fully saturated rings. The van der Waals surface area contributed by atoms with E-state index < -0.39 is 16.7 Å². The Morgan fingerprint density at radius 2 is 1.53 bits per heavy atom. The molecule has 0 aromatic heterocycles. The molecule has 0 unspecified atom stereocenters. The topological polar surface area (TPSA) is 52.6 Å². The molecule has 1 aromatic carbocycles. The molecule has 0 atom stereocenters. The van der Waals surface area contributed by atoms with Crippen molar-refractivity contribution < 1.29 is 19.1 Å². The van der Waals surface area contributed by atoms with E-state index in [1.807, 2.05) is 6.07 Å². The van der Waals surface area contributed by atoms with Crippen molar-refractivity contribution in [3.8, 4) is 0 Å². The average molecular weight is 282 g/mol. The van der Waals surface area contributed by atoms with Crippen molar-refractivity contribution in [2.75, 3.05) is 19.5 Å². The van der Waals surface area contributed by atoms with E-state index in [1.165, 1.54) is 0 Å². The van der Waals surface area contributed by atoms with Crippen LogP contribution < -0.4 is 0 Å². The lowest BCUT2D eigenvalue weighted by Crippen LogP contribution is -2.43. The van der Waals surface area contributed by atoms with E-state index in [4.69, 9.17) is 9.47 Å². The van der Waals surface area contributed by atoms with E-state index >= 15 is 0 Å². The van der Waals surface area contributed by atoms with Crippen LogP contribution >= 0.6 is 11.8 Å². The summed E-state index contributed by atoms with van der Waals surface area (Å²) >= 11 is 1.12. The maximum atomic E-state index is 12.3. The van der Waals surface area contributed by atoms with Crippen LogP contribution in [0.3, 0.4) is 0 Å². The number of carbonyl (C=O) groups is 2. The summed E-state index contributed by atoms with van der Waals surface area (Å²) in [5, 5.41) is 0. The summed E-state index contributed by atoms with van der Waals surface area (Å²) in [4.78, 5) is 24.5. The van der Waals surface area contributed by atoms with Gasteiger partial charge in [-0.1, -0.05) is 30.3 Å². The Hall–Kier alpha value is -1.49. The minimum absolute atomic E-state index is 0.216. The number of benzene rings is 1. The molecule has 0 heterocycles. The molecule has 1 aromatic rings. The van der Waals surface area contributed by atoms with Gasteiger partial charge in [-0.15, -0.1) is 11.8 Å². The molecule has 0 radical (unpaired) electrons. The first-order valence-corrected chi connectivity index (χ1v) is 7.31. The maximum Gasteiger partial charge on any atom is 0.338 e. The van der Waals surface area contributed by atoms with Crippen molar-refractivity contribution in [2.45, 2.75) is 18.6 Å². The Morgan fingerprint density at radius 3 is 1.89 bits per heavy atom. The first kappa shape index (κ1) is 15.6. The number of carbonyl (C=O) groups excluding carboxylic acids is 2. The standard InChI is InChI=1S/C14H18O4S/c1-4-17-12(15)14(19-3,13(16)18-5-2)11-9-7-6-8-10-11/h6-10H,4-5H2,1-3H3. The molecule has 5 heteroatoms. The zero-order valence-corrected chi connectivity index (χ0v) is 12.2. The van der Waals surface area contributed by atoms with Crippen LogP contribution in [-0.4, -0.2) is 31.4 Å². The number of thioether (sulfide) groups is 1. The molecular formula is C14H18O4S. The zero-order valence-electron chi connectivity index (χ0n) is 11.3. The molecule has 4 nitrogen and oxygen atoms in total. The molecule has 0 aliphatic rings. The van der Waals surface area contributed by atoms with Gasteiger partial charge < -0.3 is 9.47 Å². The smallest absolute Gasteiger partial charge is 0.338 e. The minimum atomic E-state index is -1.45. The van der Waals surface area contributed by atoms with Gasteiger partial charge in [-0.05, 0) is 25.7 Å². The molecule has 0 amide bonds. The summed E-state index contributed by atoms with van der Waals surface area (Å²) < 4.78 is 8.67. The van der Waals surface area contributed by atoms with E-state index in [0.717, 1.165) is 11.8 Å². The Morgan fingerprint density at radius 1 is 1.05 bits per heavy atom. The summed E-state index contributed by atoms with van der Waals surface area (Å²) in [5.41, 5.74) is 0.569. The molecule has 0 spiro atoms.